The summed E-state index contributed by atoms with van der Waals surface area (Å²) in [7, 11) is 1.72. The Morgan fingerprint density at radius 3 is 2.32 bits per heavy atom. The van der Waals surface area contributed by atoms with Gasteiger partial charge in [-0.25, -0.2) is 0 Å². The third-order valence-corrected chi connectivity index (χ3v) is 6.76. The minimum Gasteiger partial charge on any atom is -0.392 e. The molecule has 2 aliphatic rings. The molecule has 0 unspecified atom stereocenters. The first kappa shape index (κ1) is 19.2. The van der Waals surface area contributed by atoms with Crippen molar-refractivity contribution in [2.24, 2.45) is 5.41 Å². The SMILES string of the molecule is CO[C@@H]1C[C@H](O)C12CCN(C(=O)CCc1ccc(-c3ccccc3)cc1)CC2. The number of aliphatic hydroxyl groups excluding tert-OH is 1. The van der Waals surface area contributed by atoms with Crippen LogP contribution in [-0.2, 0) is 16.0 Å². The lowest BCUT2D eigenvalue weighted by molar-refractivity contribution is -0.202. The molecule has 1 heterocycles. The average molecular weight is 380 g/mol. The second kappa shape index (κ2) is 8.06. The second-order valence-electron chi connectivity index (χ2n) is 8.15. The van der Waals surface area contributed by atoms with Crippen LogP contribution in [0.25, 0.3) is 11.1 Å². The van der Waals surface area contributed by atoms with Gasteiger partial charge in [0.2, 0.25) is 5.91 Å². The second-order valence-corrected chi connectivity index (χ2v) is 8.15. The van der Waals surface area contributed by atoms with Crippen LogP contribution in [0.5, 0.6) is 0 Å². The summed E-state index contributed by atoms with van der Waals surface area (Å²) in [6, 6.07) is 18.8. The number of benzene rings is 2. The van der Waals surface area contributed by atoms with Crippen molar-refractivity contribution in [1.29, 1.82) is 0 Å². The van der Waals surface area contributed by atoms with E-state index < -0.39 is 0 Å². The molecule has 1 amide bonds. The lowest BCUT2D eigenvalue weighted by Crippen LogP contribution is -2.62. The first-order valence-corrected chi connectivity index (χ1v) is 10.3. The van der Waals surface area contributed by atoms with Crippen LogP contribution in [0.1, 0.15) is 31.2 Å². The molecule has 4 rings (SSSR count). The largest absolute Gasteiger partial charge is 0.392 e. The Hall–Kier alpha value is -2.17. The van der Waals surface area contributed by atoms with Crippen molar-refractivity contribution in [3.63, 3.8) is 0 Å². The third-order valence-electron chi connectivity index (χ3n) is 6.76. The van der Waals surface area contributed by atoms with E-state index in [0.717, 1.165) is 38.8 Å². The van der Waals surface area contributed by atoms with Crippen molar-refractivity contribution >= 4 is 5.91 Å². The minimum atomic E-state index is -0.280. The molecule has 28 heavy (non-hydrogen) atoms. The molecule has 0 radical (unpaired) electrons. The van der Waals surface area contributed by atoms with Crippen LogP contribution in [0.4, 0.5) is 0 Å². The van der Waals surface area contributed by atoms with Crippen molar-refractivity contribution in [3.05, 3.63) is 60.2 Å². The van der Waals surface area contributed by atoms with Crippen LogP contribution < -0.4 is 0 Å². The van der Waals surface area contributed by atoms with E-state index in [4.69, 9.17) is 4.74 Å². The lowest BCUT2D eigenvalue weighted by Gasteiger charge is -2.56. The Kier molecular flexibility index (Phi) is 5.51. The number of carbonyl (C=O) groups excluding carboxylic acids is 1. The van der Waals surface area contributed by atoms with E-state index in [1.807, 2.05) is 23.1 Å². The number of aryl methyl sites for hydroxylation is 1. The number of likely N-dealkylation sites (tertiary alicyclic amines) is 1. The molecule has 4 heteroatoms. The summed E-state index contributed by atoms with van der Waals surface area (Å²) in [6.07, 6.45) is 3.56. The molecule has 0 bridgehead atoms. The molecule has 4 nitrogen and oxygen atoms in total. The number of ether oxygens (including phenoxy) is 1. The van der Waals surface area contributed by atoms with Crippen LogP contribution in [-0.4, -0.2) is 48.3 Å². The fraction of sp³-hybridized carbons (Fsp3) is 0.458. The standard InChI is InChI=1S/C24H29NO3/c1-28-22-17-21(26)24(22)13-15-25(16-14-24)23(27)12-9-18-7-10-20(11-8-18)19-5-3-2-4-6-19/h2-8,10-11,21-22,26H,9,12-17H2,1H3/t21-,22+/m0/s1. The smallest absolute Gasteiger partial charge is 0.222 e. The van der Waals surface area contributed by atoms with E-state index in [2.05, 4.69) is 36.4 Å². The zero-order valence-electron chi connectivity index (χ0n) is 16.5. The van der Waals surface area contributed by atoms with E-state index in [1.54, 1.807) is 7.11 Å². The number of hydrogen-bond donors (Lipinski definition) is 1. The maximum Gasteiger partial charge on any atom is 0.222 e. The van der Waals surface area contributed by atoms with Gasteiger partial charge in [0, 0.05) is 38.5 Å². The first-order chi connectivity index (χ1) is 13.6. The fourth-order valence-electron chi connectivity index (χ4n) is 4.79. The molecule has 0 aromatic heterocycles. The van der Waals surface area contributed by atoms with E-state index in [-0.39, 0.29) is 23.5 Å². The zero-order valence-corrected chi connectivity index (χ0v) is 16.5. The number of carbonyl (C=O) groups is 1. The van der Waals surface area contributed by atoms with Crippen LogP contribution in [0.15, 0.2) is 54.6 Å². The Morgan fingerprint density at radius 1 is 1.07 bits per heavy atom. The molecule has 1 saturated carbocycles. The molecule has 2 fully saturated rings. The van der Waals surface area contributed by atoms with Gasteiger partial charge in [-0.15, -0.1) is 0 Å². The summed E-state index contributed by atoms with van der Waals surface area (Å²) in [4.78, 5) is 14.6. The number of methoxy groups -OCH3 is 1. The van der Waals surface area contributed by atoms with Gasteiger partial charge in [-0.2, -0.15) is 0 Å². The summed E-state index contributed by atoms with van der Waals surface area (Å²) < 4.78 is 5.53. The Morgan fingerprint density at radius 2 is 1.71 bits per heavy atom. The summed E-state index contributed by atoms with van der Waals surface area (Å²) >= 11 is 0. The van der Waals surface area contributed by atoms with E-state index >= 15 is 0 Å². The van der Waals surface area contributed by atoms with Crippen LogP contribution >= 0.6 is 0 Å². The van der Waals surface area contributed by atoms with Crippen molar-refractivity contribution in [2.45, 2.75) is 44.3 Å². The number of aliphatic hydroxyl groups is 1. The van der Waals surface area contributed by atoms with Gasteiger partial charge >= 0.3 is 0 Å². The third kappa shape index (κ3) is 3.59. The highest BCUT2D eigenvalue weighted by Crippen LogP contribution is 2.50. The predicted octanol–water partition coefficient (Wildman–Crippen LogP) is 3.67. The monoisotopic (exact) mass is 379 g/mol. The molecule has 148 valence electrons. The summed E-state index contributed by atoms with van der Waals surface area (Å²) in [5.41, 5.74) is 3.47. The Labute approximate surface area is 167 Å². The van der Waals surface area contributed by atoms with Gasteiger partial charge < -0.3 is 14.7 Å². The molecule has 2 aromatic rings. The molecule has 1 aliphatic heterocycles. The van der Waals surface area contributed by atoms with Crippen LogP contribution in [0, 0.1) is 5.41 Å². The van der Waals surface area contributed by atoms with E-state index in [9.17, 15) is 9.90 Å². The fourth-order valence-corrected chi connectivity index (χ4v) is 4.79. The van der Waals surface area contributed by atoms with Gasteiger partial charge in [0.1, 0.15) is 0 Å². The zero-order chi connectivity index (χ0) is 19.6. The van der Waals surface area contributed by atoms with Crippen LogP contribution in [0.2, 0.25) is 0 Å². The molecule has 1 N–H and O–H groups in total. The number of nitrogens with zero attached hydrogens (tertiary/aromatic N) is 1. The van der Waals surface area contributed by atoms with Gasteiger partial charge in [0.15, 0.2) is 0 Å². The number of hydrogen-bond acceptors (Lipinski definition) is 3. The Bertz CT molecular complexity index is 794. The average Bonchev–Trinajstić information content (AvgIpc) is 2.76. The van der Waals surface area contributed by atoms with Gasteiger partial charge in [0.05, 0.1) is 12.2 Å². The minimum absolute atomic E-state index is 0.126. The van der Waals surface area contributed by atoms with Crippen molar-refractivity contribution in [3.8, 4) is 11.1 Å². The number of piperidine rings is 1. The molecule has 1 saturated heterocycles. The Balaban J connectivity index is 1.28. The van der Waals surface area contributed by atoms with Crippen molar-refractivity contribution in [2.75, 3.05) is 20.2 Å². The summed E-state index contributed by atoms with van der Waals surface area (Å²) in [5.74, 6) is 0.213. The highest BCUT2D eigenvalue weighted by Gasteiger charge is 2.56. The van der Waals surface area contributed by atoms with Crippen LogP contribution in [0.3, 0.4) is 0 Å². The summed E-state index contributed by atoms with van der Waals surface area (Å²) in [5, 5.41) is 10.2. The molecular formula is C24H29NO3. The normalized spacial score (nSPS) is 23.4. The molecular weight excluding hydrogens is 350 g/mol. The highest BCUT2D eigenvalue weighted by molar-refractivity contribution is 5.76. The highest BCUT2D eigenvalue weighted by atomic mass is 16.5. The summed E-state index contributed by atoms with van der Waals surface area (Å²) in [6.45, 7) is 1.45. The van der Waals surface area contributed by atoms with E-state index in [0.29, 0.717) is 6.42 Å². The number of amides is 1. The quantitative estimate of drug-likeness (QED) is 0.862. The topological polar surface area (TPSA) is 49.8 Å². The maximum absolute atomic E-state index is 12.6. The van der Waals surface area contributed by atoms with Crippen molar-refractivity contribution < 1.29 is 14.6 Å². The predicted molar refractivity (Wildman–Crippen MR) is 110 cm³/mol. The van der Waals surface area contributed by atoms with Gasteiger partial charge in [-0.3, -0.25) is 4.79 Å². The molecule has 2 atom stereocenters. The van der Waals surface area contributed by atoms with Gasteiger partial charge in [0.25, 0.3) is 0 Å². The lowest BCUT2D eigenvalue weighted by atomic mass is 9.58. The van der Waals surface area contributed by atoms with Gasteiger partial charge in [-0.05, 0) is 36.0 Å². The van der Waals surface area contributed by atoms with Gasteiger partial charge in [-0.1, -0.05) is 54.6 Å². The van der Waals surface area contributed by atoms with E-state index in [1.165, 1.54) is 16.7 Å². The van der Waals surface area contributed by atoms with Crippen molar-refractivity contribution in [1.82, 2.24) is 4.90 Å². The number of rotatable bonds is 5. The molecule has 2 aromatic carbocycles. The first-order valence-electron chi connectivity index (χ1n) is 10.3. The maximum atomic E-state index is 12.6. The molecule has 1 aliphatic carbocycles. The molecule has 1 spiro atoms.